The summed E-state index contributed by atoms with van der Waals surface area (Å²) in [5.41, 5.74) is -1.31. The second-order valence-electron chi connectivity index (χ2n) is 5.00. The van der Waals surface area contributed by atoms with Gasteiger partial charge >= 0.3 is 0 Å². The van der Waals surface area contributed by atoms with E-state index in [-0.39, 0.29) is 32.0 Å². The highest BCUT2D eigenvalue weighted by atomic mass is 16.3. The van der Waals surface area contributed by atoms with Crippen LogP contribution in [0.1, 0.15) is 20.3 Å². The van der Waals surface area contributed by atoms with Crippen molar-refractivity contribution in [1.82, 2.24) is 10.6 Å². The van der Waals surface area contributed by atoms with Crippen molar-refractivity contribution in [1.29, 1.82) is 0 Å². The molecule has 104 valence electrons. The van der Waals surface area contributed by atoms with Crippen molar-refractivity contribution in [2.24, 2.45) is 0 Å². The van der Waals surface area contributed by atoms with Gasteiger partial charge in [-0.3, -0.25) is 0 Å². The molecule has 0 amide bonds. The van der Waals surface area contributed by atoms with Crippen molar-refractivity contribution in [3.05, 3.63) is 0 Å². The van der Waals surface area contributed by atoms with Crippen LogP contribution in [0.5, 0.6) is 0 Å². The van der Waals surface area contributed by atoms with Crippen LogP contribution in [0.15, 0.2) is 0 Å². The molecule has 0 radical (unpaired) electrons. The van der Waals surface area contributed by atoms with Crippen LogP contribution in [-0.2, 0) is 0 Å². The molecule has 6 N–H and O–H groups in total. The average molecular weight is 250 g/mol. The molecular formula is C11H26N2O4. The zero-order chi connectivity index (χ0) is 13.4. The first-order chi connectivity index (χ1) is 7.95. The summed E-state index contributed by atoms with van der Waals surface area (Å²) in [6, 6.07) is 0. The molecule has 17 heavy (non-hydrogen) atoms. The summed E-state index contributed by atoms with van der Waals surface area (Å²) in [6.45, 7) is 4.21. The van der Waals surface area contributed by atoms with Crippen LogP contribution in [0.2, 0.25) is 0 Å². The van der Waals surface area contributed by atoms with E-state index in [4.69, 9.17) is 20.4 Å². The van der Waals surface area contributed by atoms with E-state index in [2.05, 4.69) is 10.6 Å². The van der Waals surface area contributed by atoms with Crippen molar-refractivity contribution >= 4 is 0 Å². The van der Waals surface area contributed by atoms with Crippen LogP contribution in [0.25, 0.3) is 0 Å². The lowest BCUT2D eigenvalue weighted by Gasteiger charge is -2.29. The van der Waals surface area contributed by atoms with E-state index in [0.717, 1.165) is 6.42 Å². The highest BCUT2D eigenvalue weighted by molar-refractivity contribution is 4.86. The number of aliphatic hydroxyl groups is 4. The fraction of sp³-hybridized carbons (Fsp3) is 1.00. The predicted molar refractivity (Wildman–Crippen MR) is 65.8 cm³/mol. The molecule has 0 fully saturated rings. The van der Waals surface area contributed by atoms with Gasteiger partial charge in [0, 0.05) is 5.54 Å². The van der Waals surface area contributed by atoms with E-state index < -0.39 is 5.54 Å². The molecule has 0 aromatic rings. The van der Waals surface area contributed by atoms with E-state index in [1.54, 1.807) is 0 Å². The van der Waals surface area contributed by atoms with Gasteiger partial charge in [-0.15, -0.1) is 0 Å². The summed E-state index contributed by atoms with van der Waals surface area (Å²) in [7, 11) is 0. The second kappa shape index (κ2) is 7.97. The van der Waals surface area contributed by atoms with Crippen LogP contribution in [0.4, 0.5) is 0 Å². The third-order valence-corrected chi connectivity index (χ3v) is 2.76. The number of hydrogen-bond acceptors (Lipinski definition) is 6. The molecule has 0 aromatic carbocycles. The first-order valence-electron chi connectivity index (χ1n) is 5.89. The molecule has 0 saturated heterocycles. The highest BCUT2D eigenvalue weighted by Gasteiger charge is 2.26. The Kier molecular flexibility index (Phi) is 7.85. The number of aliphatic hydroxyl groups excluding tert-OH is 4. The van der Waals surface area contributed by atoms with Gasteiger partial charge in [0.1, 0.15) is 0 Å². The Bertz CT molecular complexity index is 188. The molecule has 0 atom stereocenters. The first-order valence-corrected chi connectivity index (χ1v) is 5.89. The minimum atomic E-state index is -1.01. The van der Waals surface area contributed by atoms with Crippen molar-refractivity contribution in [3.63, 3.8) is 0 Å². The number of rotatable bonds is 10. The largest absolute Gasteiger partial charge is 0.394 e. The fourth-order valence-corrected chi connectivity index (χ4v) is 1.24. The molecule has 0 spiro atoms. The lowest BCUT2D eigenvalue weighted by molar-refractivity contribution is 0.0425. The zero-order valence-corrected chi connectivity index (χ0v) is 10.7. The standard InChI is InChI=1S/C11H26N2O4/c1-10(2,6-14)12-4-3-5-13-11(7-15,8-16)9-17/h12-17H,3-9H2,1-2H3. The average Bonchev–Trinajstić information content (AvgIpc) is 2.34. The maximum Gasteiger partial charge on any atom is 0.0881 e. The van der Waals surface area contributed by atoms with Crippen LogP contribution < -0.4 is 10.6 Å². The molecule has 0 heterocycles. The van der Waals surface area contributed by atoms with E-state index >= 15 is 0 Å². The smallest absolute Gasteiger partial charge is 0.0881 e. The SMILES string of the molecule is CC(C)(CO)NCCCNC(CO)(CO)CO. The lowest BCUT2D eigenvalue weighted by Crippen LogP contribution is -2.55. The van der Waals surface area contributed by atoms with Gasteiger partial charge in [-0.25, -0.2) is 0 Å². The highest BCUT2D eigenvalue weighted by Crippen LogP contribution is 2.02. The molecule has 0 bridgehead atoms. The van der Waals surface area contributed by atoms with Crippen molar-refractivity contribution in [2.45, 2.75) is 31.3 Å². The molecule has 0 saturated carbocycles. The van der Waals surface area contributed by atoms with Gasteiger partial charge in [-0.05, 0) is 33.4 Å². The molecule has 6 nitrogen and oxygen atoms in total. The van der Waals surface area contributed by atoms with E-state index in [1.165, 1.54) is 0 Å². The third-order valence-electron chi connectivity index (χ3n) is 2.76. The Morgan fingerprint density at radius 1 is 0.765 bits per heavy atom. The molecule has 0 aliphatic rings. The van der Waals surface area contributed by atoms with Crippen LogP contribution >= 0.6 is 0 Å². The van der Waals surface area contributed by atoms with Crippen LogP contribution in [0.3, 0.4) is 0 Å². The van der Waals surface area contributed by atoms with Gasteiger partial charge < -0.3 is 31.1 Å². The lowest BCUT2D eigenvalue weighted by atomic mass is 10.0. The van der Waals surface area contributed by atoms with Crippen LogP contribution in [-0.4, -0.2) is 71.0 Å². The zero-order valence-electron chi connectivity index (χ0n) is 10.7. The summed E-state index contributed by atoms with van der Waals surface area (Å²) in [4.78, 5) is 0. The van der Waals surface area contributed by atoms with Crippen molar-refractivity contribution in [2.75, 3.05) is 39.5 Å². The van der Waals surface area contributed by atoms with Gasteiger partial charge in [-0.2, -0.15) is 0 Å². The summed E-state index contributed by atoms with van der Waals surface area (Å²) in [5.74, 6) is 0. The van der Waals surface area contributed by atoms with Gasteiger partial charge in [0.05, 0.1) is 32.0 Å². The van der Waals surface area contributed by atoms with Crippen molar-refractivity contribution in [3.8, 4) is 0 Å². The quantitative estimate of drug-likeness (QED) is 0.252. The Labute approximate surface area is 103 Å². The fourth-order valence-electron chi connectivity index (χ4n) is 1.24. The van der Waals surface area contributed by atoms with Crippen molar-refractivity contribution < 1.29 is 20.4 Å². The molecular weight excluding hydrogens is 224 g/mol. The van der Waals surface area contributed by atoms with Gasteiger partial charge in [0.25, 0.3) is 0 Å². The van der Waals surface area contributed by atoms with Gasteiger partial charge in [-0.1, -0.05) is 0 Å². The Morgan fingerprint density at radius 2 is 1.24 bits per heavy atom. The monoisotopic (exact) mass is 250 g/mol. The minimum Gasteiger partial charge on any atom is -0.394 e. The molecule has 0 aromatic heterocycles. The second-order valence-corrected chi connectivity index (χ2v) is 5.00. The Balaban J connectivity index is 3.77. The molecule has 0 aliphatic carbocycles. The summed E-state index contributed by atoms with van der Waals surface area (Å²) in [6.07, 6.45) is 0.769. The normalized spacial score (nSPS) is 13.1. The molecule has 6 heteroatoms. The Morgan fingerprint density at radius 3 is 1.65 bits per heavy atom. The minimum absolute atomic E-state index is 0.0638. The Hall–Kier alpha value is -0.240. The number of nitrogens with one attached hydrogen (secondary N) is 2. The maximum atomic E-state index is 9.07. The molecule has 0 unspecified atom stereocenters. The summed E-state index contributed by atoms with van der Waals surface area (Å²) >= 11 is 0. The summed E-state index contributed by atoms with van der Waals surface area (Å²) in [5, 5.41) is 42.3. The molecule has 0 rings (SSSR count). The van der Waals surface area contributed by atoms with E-state index in [1.807, 2.05) is 13.8 Å². The van der Waals surface area contributed by atoms with Gasteiger partial charge in [0.2, 0.25) is 0 Å². The first kappa shape index (κ1) is 16.8. The van der Waals surface area contributed by atoms with E-state index in [0.29, 0.717) is 13.1 Å². The number of hydrogen-bond donors (Lipinski definition) is 6. The van der Waals surface area contributed by atoms with E-state index in [9.17, 15) is 0 Å². The maximum absolute atomic E-state index is 9.07. The van der Waals surface area contributed by atoms with Crippen LogP contribution in [0, 0.1) is 0 Å². The predicted octanol–water partition coefficient (Wildman–Crippen LogP) is -1.96. The summed E-state index contributed by atoms with van der Waals surface area (Å²) < 4.78 is 0. The topological polar surface area (TPSA) is 105 Å². The third kappa shape index (κ3) is 6.30. The molecule has 0 aliphatic heterocycles. The van der Waals surface area contributed by atoms with Gasteiger partial charge in [0.15, 0.2) is 0 Å².